The number of aryl methyl sites for hydroxylation is 1. The molecule has 4 heterocycles. The third-order valence-corrected chi connectivity index (χ3v) is 6.91. The van der Waals surface area contributed by atoms with Gasteiger partial charge in [-0.05, 0) is 65.1 Å². The smallest absolute Gasteiger partial charge is 0.418 e. The van der Waals surface area contributed by atoms with Crippen LogP contribution < -0.4 is 5.76 Å². The summed E-state index contributed by atoms with van der Waals surface area (Å²) < 4.78 is 12.2. The highest BCUT2D eigenvalue weighted by molar-refractivity contribution is 5.67. The number of piperidine rings is 2. The molecule has 0 unspecified atom stereocenters. The van der Waals surface area contributed by atoms with Gasteiger partial charge in [0.25, 0.3) is 0 Å². The van der Waals surface area contributed by atoms with E-state index in [0.717, 1.165) is 77.0 Å². The average molecular weight is 407 g/mol. The quantitative estimate of drug-likeness (QED) is 0.763. The molecule has 3 saturated heterocycles. The Kier molecular flexibility index (Phi) is 6.29. The van der Waals surface area contributed by atoms with Crippen LogP contribution in [0.2, 0.25) is 0 Å². The third-order valence-electron chi connectivity index (χ3n) is 6.91. The molecule has 162 valence electrons. The Labute approximate surface area is 172 Å². The van der Waals surface area contributed by atoms with Crippen LogP contribution in [-0.2, 0) is 11.8 Å². The van der Waals surface area contributed by atoms with Crippen molar-refractivity contribution in [3.05, 3.63) is 22.5 Å². The van der Waals surface area contributed by atoms with E-state index in [-0.39, 0.29) is 17.9 Å². The van der Waals surface area contributed by atoms with E-state index in [4.69, 9.17) is 9.15 Å². The molecule has 1 amide bonds. The molecule has 0 N–H and O–H groups in total. The lowest BCUT2D eigenvalue weighted by atomic mass is 9.96. The summed E-state index contributed by atoms with van der Waals surface area (Å²) >= 11 is 0. The number of oxazole rings is 1. The van der Waals surface area contributed by atoms with E-state index in [9.17, 15) is 9.59 Å². The molecule has 8 nitrogen and oxygen atoms in total. The van der Waals surface area contributed by atoms with Crippen LogP contribution >= 0.6 is 0 Å². The van der Waals surface area contributed by atoms with Crippen LogP contribution in [0, 0.1) is 0 Å². The monoisotopic (exact) mass is 406 g/mol. The molecule has 1 aromatic rings. The molecular weight excluding hydrogens is 372 g/mol. The molecule has 0 bridgehead atoms. The SMILES string of the molecule is CCOC(=O)N1CCC(N2CCC(N3CCC[C@@H]3c3cn(C)c(=O)o3)CC2)CC1. The Morgan fingerprint density at radius 2 is 1.76 bits per heavy atom. The van der Waals surface area contributed by atoms with Gasteiger partial charge in [0.15, 0.2) is 0 Å². The maximum atomic E-state index is 11.9. The lowest BCUT2D eigenvalue weighted by molar-refractivity contribution is 0.0425. The summed E-state index contributed by atoms with van der Waals surface area (Å²) in [6.45, 7) is 7.19. The molecule has 0 aromatic carbocycles. The summed E-state index contributed by atoms with van der Waals surface area (Å²) in [4.78, 5) is 30.7. The normalized spacial score (nSPS) is 25.6. The van der Waals surface area contributed by atoms with E-state index in [1.54, 1.807) is 7.05 Å². The van der Waals surface area contributed by atoms with Gasteiger partial charge in [0.2, 0.25) is 0 Å². The number of rotatable bonds is 4. The molecule has 4 rings (SSSR count). The number of aromatic nitrogens is 1. The van der Waals surface area contributed by atoms with Gasteiger partial charge in [-0.15, -0.1) is 0 Å². The van der Waals surface area contributed by atoms with Gasteiger partial charge >= 0.3 is 11.8 Å². The van der Waals surface area contributed by atoms with Crippen molar-refractivity contribution < 1.29 is 13.9 Å². The first-order valence-electron chi connectivity index (χ1n) is 11.1. The average Bonchev–Trinajstić information content (AvgIpc) is 3.35. The fourth-order valence-electron chi connectivity index (χ4n) is 5.34. The minimum atomic E-state index is -0.268. The predicted molar refractivity (Wildman–Crippen MR) is 109 cm³/mol. The van der Waals surface area contributed by atoms with E-state index in [2.05, 4.69) is 9.80 Å². The van der Waals surface area contributed by atoms with E-state index in [1.165, 1.54) is 4.57 Å². The van der Waals surface area contributed by atoms with E-state index < -0.39 is 0 Å². The lowest BCUT2D eigenvalue weighted by Crippen LogP contribution is -2.51. The van der Waals surface area contributed by atoms with E-state index in [0.29, 0.717) is 18.7 Å². The fraction of sp³-hybridized carbons (Fsp3) is 0.810. The third kappa shape index (κ3) is 4.38. The second kappa shape index (κ2) is 8.92. The molecule has 0 aliphatic carbocycles. The summed E-state index contributed by atoms with van der Waals surface area (Å²) in [5.41, 5.74) is 0. The Balaban J connectivity index is 1.28. The number of carbonyl (C=O) groups excluding carboxylic acids is 1. The van der Waals surface area contributed by atoms with Gasteiger partial charge < -0.3 is 19.0 Å². The van der Waals surface area contributed by atoms with Gasteiger partial charge in [-0.25, -0.2) is 9.59 Å². The van der Waals surface area contributed by atoms with Crippen LogP contribution in [-0.4, -0.2) is 76.8 Å². The molecule has 0 saturated carbocycles. The van der Waals surface area contributed by atoms with Crippen molar-refractivity contribution in [1.29, 1.82) is 0 Å². The van der Waals surface area contributed by atoms with Crippen LogP contribution in [0.1, 0.15) is 57.3 Å². The summed E-state index contributed by atoms with van der Waals surface area (Å²) in [5.74, 6) is 0.555. The highest BCUT2D eigenvalue weighted by Gasteiger charge is 2.37. The van der Waals surface area contributed by atoms with Crippen molar-refractivity contribution in [2.75, 3.05) is 39.3 Å². The number of carbonyl (C=O) groups is 1. The highest BCUT2D eigenvalue weighted by Crippen LogP contribution is 2.36. The summed E-state index contributed by atoms with van der Waals surface area (Å²) in [5, 5.41) is 0. The molecule has 0 spiro atoms. The molecule has 0 radical (unpaired) electrons. The van der Waals surface area contributed by atoms with Crippen LogP contribution in [0.25, 0.3) is 0 Å². The number of likely N-dealkylation sites (tertiary alicyclic amines) is 3. The lowest BCUT2D eigenvalue weighted by Gasteiger charge is -2.44. The van der Waals surface area contributed by atoms with Crippen LogP contribution in [0.4, 0.5) is 4.79 Å². The second-order valence-corrected chi connectivity index (χ2v) is 8.59. The zero-order valence-electron chi connectivity index (χ0n) is 17.7. The van der Waals surface area contributed by atoms with Crippen LogP contribution in [0.5, 0.6) is 0 Å². The predicted octanol–water partition coefficient (Wildman–Crippen LogP) is 2.20. The Morgan fingerprint density at radius 3 is 2.38 bits per heavy atom. The maximum Gasteiger partial charge on any atom is 0.418 e. The standard InChI is InChI=1S/C21H34N4O4/c1-3-28-21(27)24-13-6-16(7-14-24)23-11-8-17(9-12-23)25-10-4-5-18(25)19-15-22(2)20(26)29-19/h15-18H,3-14H2,1-2H3/t18-/m1/s1. The Bertz CT molecular complexity index is 744. The zero-order chi connectivity index (χ0) is 20.4. The number of hydrogen-bond acceptors (Lipinski definition) is 6. The van der Waals surface area contributed by atoms with Crippen molar-refractivity contribution >= 4 is 6.09 Å². The van der Waals surface area contributed by atoms with Crippen molar-refractivity contribution in [2.24, 2.45) is 7.05 Å². The molecule has 1 atom stereocenters. The van der Waals surface area contributed by atoms with Crippen molar-refractivity contribution in [2.45, 2.75) is 63.6 Å². The largest absolute Gasteiger partial charge is 0.450 e. The molecule has 8 heteroatoms. The number of nitrogens with zero attached hydrogens (tertiary/aromatic N) is 4. The first-order chi connectivity index (χ1) is 14.1. The van der Waals surface area contributed by atoms with Gasteiger partial charge in [-0.2, -0.15) is 0 Å². The van der Waals surface area contributed by atoms with Crippen molar-refractivity contribution in [3.8, 4) is 0 Å². The summed E-state index contributed by atoms with van der Waals surface area (Å²) in [7, 11) is 1.75. The highest BCUT2D eigenvalue weighted by atomic mass is 16.6. The first-order valence-corrected chi connectivity index (χ1v) is 11.1. The topological polar surface area (TPSA) is 71.2 Å². The zero-order valence-corrected chi connectivity index (χ0v) is 17.7. The fourth-order valence-corrected chi connectivity index (χ4v) is 5.34. The number of ether oxygens (including phenoxy) is 1. The number of amides is 1. The van der Waals surface area contributed by atoms with Gasteiger partial charge in [-0.3, -0.25) is 9.47 Å². The summed E-state index contributed by atoms with van der Waals surface area (Å²) in [6.07, 6.45) is 8.30. The molecular formula is C21H34N4O4. The van der Waals surface area contributed by atoms with Gasteiger partial charge in [-0.1, -0.05) is 0 Å². The minimum absolute atomic E-state index is 0.169. The van der Waals surface area contributed by atoms with Gasteiger partial charge in [0.1, 0.15) is 5.76 Å². The number of hydrogen-bond donors (Lipinski definition) is 0. The molecule has 3 aliphatic heterocycles. The molecule has 1 aromatic heterocycles. The molecule has 29 heavy (non-hydrogen) atoms. The van der Waals surface area contributed by atoms with E-state index in [1.807, 2.05) is 18.0 Å². The Hall–Kier alpha value is -1.80. The Morgan fingerprint density at radius 1 is 1.07 bits per heavy atom. The van der Waals surface area contributed by atoms with Gasteiger partial charge in [0, 0.05) is 32.2 Å². The molecule has 3 fully saturated rings. The maximum absolute atomic E-state index is 11.9. The second-order valence-electron chi connectivity index (χ2n) is 8.59. The van der Waals surface area contributed by atoms with Crippen molar-refractivity contribution in [3.63, 3.8) is 0 Å². The van der Waals surface area contributed by atoms with E-state index >= 15 is 0 Å². The summed E-state index contributed by atoms with van der Waals surface area (Å²) in [6, 6.07) is 1.38. The van der Waals surface area contributed by atoms with Crippen LogP contribution in [0.3, 0.4) is 0 Å². The van der Waals surface area contributed by atoms with Crippen molar-refractivity contribution in [1.82, 2.24) is 19.3 Å². The van der Waals surface area contributed by atoms with Crippen LogP contribution in [0.15, 0.2) is 15.4 Å². The molecule has 3 aliphatic rings. The van der Waals surface area contributed by atoms with Gasteiger partial charge in [0.05, 0.1) is 18.8 Å². The minimum Gasteiger partial charge on any atom is -0.450 e. The first kappa shape index (κ1) is 20.5.